The van der Waals surface area contributed by atoms with E-state index in [9.17, 15) is 4.79 Å². The Morgan fingerprint density at radius 1 is 1.25 bits per heavy atom. The second kappa shape index (κ2) is 8.65. The van der Waals surface area contributed by atoms with Gasteiger partial charge in [0.15, 0.2) is 8.32 Å². The van der Waals surface area contributed by atoms with Crippen LogP contribution in [0.4, 0.5) is 0 Å². The largest absolute Gasteiger partial charge is 0.467 e. The topological polar surface area (TPSA) is 48.0 Å². The second-order valence-electron chi connectivity index (χ2n) is 9.61. The van der Waals surface area contributed by atoms with Gasteiger partial charge < -0.3 is 9.16 Å². The van der Waals surface area contributed by atoms with E-state index in [1.54, 1.807) is 0 Å². The lowest BCUT2D eigenvalue weighted by atomic mass is 9.86. The van der Waals surface area contributed by atoms with Crippen LogP contribution in [0.25, 0.3) is 0 Å². The zero-order valence-electron chi connectivity index (χ0n) is 18.7. The fourth-order valence-electron chi connectivity index (χ4n) is 3.40. The SMILES string of the molecule is COC(=O)[C@]1([C@H](O[Si](C)(C)C(C)(C)C)C(C)C)CCN(Cc2ccccc2)O1. The number of methoxy groups -OCH3 is 1. The van der Waals surface area contributed by atoms with E-state index in [2.05, 4.69) is 59.8 Å². The summed E-state index contributed by atoms with van der Waals surface area (Å²) in [5, 5.41) is 1.91. The molecule has 0 aliphatic carbocycles. The molecule has 1 aromatic rings. The Morgan fingerprint density at radius 3 is 2.36 bits per heavy atom. The number of hydrogen-bond acceptors (Lipinski definition) is 5. The molecular weight excluding hydrogens is 370 g/mol. The van der Waals surface area contributed by atoms with Crippen molar-refractivity contribution in [1.82, 2.24) is 5.06 Å². The van der Waals surface area contributed by atoms with Gasteiger partial charge in [0.05, 0.1) is 13.2 Å². The number of carbonyl (C=O) groups excluding carboxylic acids is 1. The molecule has 1 aliphatic rings. The molecule has 1 saturated heterocycles. The van der Waals surface area contributed by atoms with E-state index in [1.807, 2.05) is 23.3 Å². The van der Waals surface area contributed by atoms with Crippen LogP contribution < -0.4 is 0 Å². The first kappa shape index (κ1) is 23.1. The quantitative estimate of drug-likeness (QED) is 0.481. The van der Waals surface area contributed by atoms with Crippen LogP contribution in [0.5, 0.6) is 0 Å². The Hall–Kier alpha value is -1.21. The van der Waals surface area contributed by atoms with Gasteiger partial charge in [-0.25, -0.2) is 4.79 Å². The maximum atomic E-state index is 13.0. The van der Waals surface area contributed by atoms with E-state index < -0.39 is 13.9 Å². The molecule has 0 spiro atoms. The van der Waals surface area contributed by atoms with Crippen molar-refractivity contribution in [3.05, 3.63) is 35.9 Å². The summed E-state index contributed by atoms with van der Waals surface area (Å²) < 4.78 is 12.0. The smallest absolute Gasteiger partial charge is 0.343 e. The number of hydroxylamine groups is 2. The van der Waals surface area contributed by atoms with Crippen LogP contribution in [0.2, 0.25) is 18.1 Å². The lowest BCUT2D eigenvalue weighted by molar-refractivity contribution is -0.241. The van der Waals surface area contributed by atoms with Gasteiger partial charge in [-0.05, 0) is 29.6 Å². The molecule has 0 bridgehead atoms. The summed E-state index contributed by atoms with van der Waals surface area (Å²) in [7, 11) is -0.679. The maximum absolute atomic E-state index is 13.0. The van der Waals surface area contributed by atoms with Crippen molar-refractivity contribution in [2.45, 2.75) is 77.4 Å². The molecule has 0 aromatic heterocycles. The number of hydrogen-bond donors (Lipinski definition) is 0. The van der Waals surface area contributed by atoms with E-state index >= 15 is 0 Å². The molecule has 0 saturated carbocycles. The number of ether oxygens (including phenoxy) is 1. The van der Waals surface area contributed by atoms with Gasteiger partial charge in [-0.1, -0.05) is 65.0 Å². The summed E-state index contributed by atoms with van der Waals surface area (Å²) in [6, 6.07) is 10.1. The molecule has 1 aliphatic heterocycles. The third-order valence-corrected chi connectivity index (χ3v) is 10.5. The van der Waals surface area contributed by atoms with Gasteiger partial charge in [0.2, 0.25) is 5.60 Å². The second-order valence-corrected chi connectivity index (χ2v) is 14.4. The highest BCUT2D eigenvalue weighted by Gasteiger charge is 2.57. The van der Waals surface area contributed by atoms with Crippen LogP contribution in [-0.4, -0.2) is 44.7 Å². The third kappa shape index (κ3) is 4.85. The van der Waals surface area contributed by atoms with E-state index in [0.29, 0.717) is 19.5 Å². The van der Waals surface area contributed by atoms with Gasteiger partial charge >= 0.3 is 5.97 Å². The number of benzene rings is 1. The molecule has 2 rings (SSSR count). The summed E-state index contributed by atoms with van der Waals surface area (Å²) in [6.45, 7) is 16.5. The minimum atomic E-state index is -2.11. The van der Waals surface area contributed by atoms with Crippen LogP contribution in [0.15, 0.2) is 30.3 Å². The first-order valence-electron chi connectivity index (χ1n) is 10.2. The average molecular weight is 408 g/mol. The Kier molecular flexibility index (Phi) is 7.13. The first-order chi connectivity index (χ1) is 12.9. The molecule has 1 heterocycles. The first-order valence-corrected chi connectivity index (χ1v) is 13.1. The van der Waals surface area contributed by atoms with Gasteiger partial charge in [-0.3, -0.25) is 4.84 Å². The third-order valence-electron chi connectivity index (χ3n) is 6.05. The summed E-state index contributed by atoms with van der Waals surface area (Å²) >= 11 is 0. The highest BCUT2D eigenvalue weighted by molar-refractivity contribution is 6.74. The molecule has 2 atom stereocenters. The lowest BCUT2D eigenvalue weighted by Crippen LogP contribution is -2.58. The zero-order valence-corrected chi connectivity index (χ0v) is 19.7. The standard InChI is InChI=1S/C22H37NO4Si/c1-17(2)19(26-28(7,8)21(3,4)5)22(20(24)25-6)14-15-23(27-22)16-18-12-10-9-11-13-18/h9-13,17,19H,14-16H2,1-8H3/t19-,22-/m1/s1. The maximum Gasteiger partial charge on any atom is 0.343 e. The van der Waals surface area contributed by atoms with Gasteiger partial charge in [-0.2, -0.15) is 5.06 Å². The summed E-state index contributed by atoms with van der Waals surface area (Å²) in [4.78, 5) is 19.3. The van der Waals surface area contributed by atoms with Gasteiger partial charge in [0.1, 0.15) is 0 Å². The molecule has 1 aromatic carbocycles. The molecule has 5 nitrogen and oxygen atoms in total. The van der Waals surface area contributed by atoms with Crippen LogP contribution in [0.1, 0.15) is 46.6 Å². The normalized spacial score (nSPS) is 22.5. The number of rotatable bonds is 7. The van der Waals surface area contributed by atoms with Gasteiger partial charge in [0.25, 0.3) is 0 Å². The molecular formula is C22H37NO4Si. The monoisotopic (exact) mass is 407 g/mol. The van der Waals surface area contributed by atoms with Gasteiger partial charge in [-0.15, -0.1) is 0 Å². The van der Waals surface area contributed by atoms with Crippen LogP contribution >= 0.6 is 0 Å². The Labute approximate surface area is 171 Å². The minimum Gasteiger partial charge on any atom is -0.467 e. The highest BCUT2D eigenvalue weighted by Crippen LogP contribution is 2.43. The Bertz CT molecular complexity index is 656. The van der Waals surface area contributed by atoms with Crippen molar-refractivity contribution in [3.63, 3.8) is 0 Å². The molecule has 0 N–H and O–H groups in total. The Balaban J connectivity index is 2.31. The fraction of sp³-hybridized carbons (Fsp3) is 0.682. The van der Waals surface area contributed by atoms with Crippen molar-refractivity contribution in [1.29, 1.82) is 0 Å². The fourth-order valence-corrected chi connectivity index (χ4v) is 4.85. The van der Waals surface area contributed by atoms with Crippen LogP contribution in [-0.2, 0) is 25.3 Å². The minimum absolute atomic E-state index is 0.0414. The van der Waals surface area contributed by atoms with Crippen molar-refractivity contribution < 1.29 is 18.8 Å². The molecule has 1 fully saturated rings. The molecule has 6 heteroatoms. The van der Waals surface area contributed by atoms with Crippen LogP contribution in [0.3, 0.4) is 0 Å². The van der Waals surface area contributed by atoms with E-state index in [-0.39, 0.29) is 23.0 Å². The summed E-state index contributed by atoms with van der Waals surface area (Å²) in [5.74, 6) is -0.231. The number of esters is 1. The molecule has 0 amide bonds. The van der Waals surface area contributed by atoms with Crippen LogP contribution in [0, 0.1) is 5.92 Å². The highest BCUT2D eigenvalue weighted by atomic mass is 28.4. The predicted octanol–water partition coefficient (Wildman–Crippen LogP) is 4.78. The molecule has 28 heavy (non-hydrogen) atoms. The average Bonchev–Trinajstić information content (AvgIpc) is 3.03. The lowest BCUT2D eigenvalue weighted by Gasteiger charge is -2.45. The molecule has 0 unspecified atom stereocenters. The van der Waals surface area contributed by atoms with Crippen molar-refractivity contribution >= 4 is 14.3 Å². The Morgan fingerprint density at radius 2 is 1.86 bits per heavy atom. The molecule has 158 valence electrons. The predicted molar refractivity (Wildman–Crippen MR) is 114 cm³/mol. The zero-order chi connectivity index (χ0) is 21.2. The number of carbonyl (C=O) groups is 1. The van der Waals surface area contributed by atoms with E-state index in [4.69, 9.17) is 14.0 Å². The number of nitrogens with zero attached hydrogens (tertiary/aromatic N) is 1. The van der Waals surface area contributed by atoms with Crippen molar-refractivity contribution in [2.24, 2.45) is 5.92 Å². The molecule has 0 radical (unpaired) electrons. The summed E-state index contributed by atoms with van der Waals surface area (Å²) in [6.07, 6.45) is 0.200. The van der Waals surface area contributed by atoms with E-state index in [0.717, 1.165) is 5.56 Å². The van der Waals surface area contributed by atoms with Gasteiger partial charge in [0, 0.05) is 19.5 Å². The van der Waals surface area contributed by atoms with Crippen molar-refractivity contribution in [2.75, 3.05) is 13.7 Å². The van der Waals surface area contributed by atoms with Crippen molar-refractivity contribution in [3.8, 4) is 0 Å². The summed E-state index contributed by atoms with van der Waals surface area (Å²) in [5.41, 5.74) is 0.0438. The van der Waals surface area contributed by atoms with E-state index in [1.165, 1.54) is 7.11 Å².